The molecule has 0 saturated heterocycles. The molecule has 60 valence electrons. The number of hydrogen-bond donors (Lipinski definition) is 0. The summed E-state index contributed by atoms with van der Waals surface area (Å²) in [5, 5.41) is 8.95. The van der Waals surface area contributed by atoms with Gasteiger partial charge in [0.25, 0.3) is 0 Å². The van der Waals surface area contributed by atoms with Crippen LogP contribution in [-0.4, -0.2) is 12.2 Å². The average molecular weight is 177 g/mol. The summed E-state index contributed by atoms with van der Waals surface area (Å²) in [6.07, 6.45) is 0. The van der Waals surface area contributed by atoms with Crippen molar-refractivity contribution in [2.75, 3.05) is 7.11 Å². The molecule has 0 bridgehead atoms. The monoisotopic (exact) mass is 177 g/mol. The Hall–Kier alpha value is -1.40. The summed E-state index contributed by atoms with van der Waals surface area (Å²) < 4.78 is 4.86. The van der Waals surface area contributed by atoms with Gasteiger partial charge in [0, 0.05) is 5.56 Å². The third kappa shape index (κ3) is 1.80. The number of rotatable bonds is 1. The lowest BCUT2D eigenvalue weighted by atomic mass is 10.2. The average Bonchev–Trinajstić information content (AvgIpc) is 2.17. The molecule has 0 amide bonds. The molecule has 0 aliphatic heterocycles. The van der Waals surface area contributed by atoms with Gasteiger partial charge >= 0.3 is 0 Å². The first-order chi connectivity index (χ1) is 5.77. The van der Waals surface area contributed by atoms with Gasteiger partial charge in [-0.3, -0.25) is 0 Å². The summed E-state index contributed by atoms with van der Waals surface area (Å²) in [5.74, 6) is 0. The van der Waals surface area contributed by atoms with Gasteiger partial charge in [-0.15, -0.1) is 0 Å². The largest absolute Gasteiger partial charge is 0.486 e. The fourth-order valence-corrected chi connectivity index (χ4v) is 0.935. The van der Waals surface area contributed by atoms with Gasteiger partial charge in [0.05, 0.1) is 18.7 Å². The molecule has 0 N–H and O–H groups in total. The van der Waals surface area contributed by atoms with Crippen molar-refractivity contribution in [3.8, 4) is 6.07 Å². The van der Waals surface area contributed by atoms with Gasteiger partial charge in [-0.25, -0.2) is 0 Å². The highest BCUT2D eigenvalue weighted by Gasteiger charge is 1.98. The quantitative estimate of drug-likeness (QED) is 0.614. The molecule has 0 fully saturated rings. The fourth-order valence-electron chi connectivity index (χ4n) is 0.799. The van der Waals surface area contributed by atoms with E-state index in [0.29, 0.717) is 10.6 Å². The van der Waals surface area contributed by atoms with Gasteiger partial charge in [0.15, 0.2) is 5.05 Å². The molecule has 1 rings (SSSR count). The van der Waals surface area contributed by atoms with Gasteiger partial charge in [0.2, 0.25) is 0 Å². The van der Waals surface area contributed by atoms with Crippen molar-refractivity contribution in [3.63, 3.8) is 0 Å². The Morgan fingerprint density at radius 2 is 2.00 bits per heavy atom. The second-order valence-corrected chi connectivity index (χ2v) is 2.55. The van der Waals surface area contributed by atoms with Crippen LogP contribution in [0, 0.1) is 11.3 Å². The minimum Gasteiger partial charge on any atom is -0.486 e. The van der Waals surface area contributed by atoms with Crippen LogP contribution in [0.3, 0.4) is 0 Å². The van der Waals surface area contributed by atoms with E-state index >= 15 is 0 Å². The minimum atomic E-state index is 0.444. The molecule has 3 heteroatoms. The molecule has 0 aliphatic carbocycles. The number of nitrogens with zero attached hydrogens (tertiary/aromatic N) is 1. The highest BCUT2D eigenvalue weighted by Crippen LogP contribution is 2.05. The Kier molecular flexibility index (Phi) is 2.78. The summed E-state index contributed by atoms with van der Waals surface area (Å²) in [6, 6.07) is 8.98. The normalized spacial score (nSPS) is 8.67. The van der Waals surface area contributed by atoms with E-state index in [1.165, 1.54) is 7.11 Å². The molecule has 0 aliphatic rings. The van der Waals surface area contributed by atoms with Crippen molar-refractivity contribution in [1.82, 2.24) is 0 Å². The zero-order valence-electron chi connectivity index (χ0n) is 6.57. The number of hydrogen-bond acceptors (Lipinski definition) is 3. The van der Waals surface area contributed by atoms with Gasteiger partial charge in [-0.05, 0) is 36.5 Å². The number of ether oxygens (including phenoxy) is 1. The Labute approximate surface area is 76.4 Å². The van der Waals surface area contributed by atoms with Gasteiger partial charge in [-0.1, -0.05) is 0 Å². The lowest BCUT2D eigenvalue weighted by molar-refractivity contribution is 0.416. The first-order valence-corrected chi connectivity index (χ1v) is 3.77. The Morgan fingerprint density at radius 1 is 1.42 bits per heavy atom. The molecule has 0 heterocycles. The van der Waals surface area contributed by atoms with E-state index in [0.717, 1.165) is 5.56 Å². The van der Waals surface area contributed by atoms with E-state index < -0.39 is 0 Å². The number of benzene rings is 1. The molecular formula is C9H7NOS. The van der Waals surface area contributed by atoms with Crippen molar-refractivity contribution in [3.05, 3.63) is 35.4 Å². The van der Waals surface area contributed by atoms with Crippen LogP contribution in [0.1, 0.15) is 11.1 Å². The summed E-state index contributed by atoms with van der Waals surface area (Å²) in [4.78, 5) is 0. The van der Waals surface area contributed by atoms with Crippen LogP contribution >= 0.6 is 12.2 Å². The second kappa shape index (κ2) is 3.84. The molecule has 1 aromatic carbocycles. The zero-order chi connectivity index (χ0) is 8.97. The van der Waals surface area contributed by atoms with E-state index in [9.17, 15) is 0 Å². The summed E-state index contributed by atoms with van der Waals surface area (Å²) in [5.41, 5.74) is 1.45. The molecule has 2 nitrogen and oxygen atoms in total. The van der Waals surface area contributed by atoms with Crippen molar-refractivity contribution in [2.45, 2.75) is 0 Å². The molecule has 0 atom stereocenters. The van der Waals surface area contributed by atoms with E-state index in [-0.39, 0.29) is 0 Å². The SMILES string of the molecule is COC(=S)c1ccc(C#N)cc1. The molecule has 0 radical (unpaired) electrons. The third-order valence-electron chi connectivity index (χ3n) is 1.44. The van der Waals surface area contributed by atoms with E-state index in [2.05, 4.69) is 0 Å². The smallest absolute Gasteiger partial charge is 0.190 e. The van der Waals surface area contributed by atoms with Crippen molar-refractivity contribution in [2.24, 2.45) is 0 Å². The molecule has 0 unspecified atom stereocenters. The fraction of sp³-hybridized carbons (Fsp3) is 0.111. The Morgan fingerprint density at radius 3 is 2.42 bits per heavy atom. The maximum atomic E-state index is 8.51. The number of nitriles is 1. The summed E-state index contributed by atoms with van der Waals surface area (Å²) >= 11 is 4.90. The Balaban J connectivity index is 2.94. The first kappa shape index (κ1) is 8.69. The van der Waals surface area contributed by atoms with Gasteiger partial charge in [0.1, 0.15) is 0 Å². The second-order valence-electron chi connectivity index (χ2n) is 2.18. The first-order valence-electron chi connectivity index (χ1n) is 3.36. The Bertz CT molecular complexity index is 323. The maximum absolute atomic E-state index is 8.51. The van der Waals surface area contributed by atoms with Crippen LogP contribution in [0.25, 0.3) is 0 Å². The van der Waals surface area contributed by atoms with E-state index in [4.69, 9.17) is 22.2 Å². The lowest BCUT2D eigenvalue weighted by Crippen LogP contribution is -1.98. The topological polar surface area (TPSA) is 33.0 Å². The predicted molar refractivity (Wildman–Crippen MR) is 49.9 cm³/mol. The van der Waals surface area contributed by atoms with Crippen LogP contribution < -0.4 is 0 Å². The number of thiocarbonyl (C=S) groups is 1. The lowest BCUT2D eigenvalue weighted by Gasteiger charge is -2.00. The van der Waals surface area contributed by atoms with Crippen LogP contribution in [0.15, 0.2) is 24.3 Å². The number of methoxy groups -OCH3 is 1. The zero-order valence-corrected chi connectivity index (χ0v) is 7.39. The molecule has 0 aromatic heterocycles. The van der Waals surface area contributed by atoms with Crippen molar-refractivity contribution < 1.29 is 4.74 Å². The molecule has 0 spiro atoms. The third-order valence-corrected chi connectivity index (χ3v) is 1.84. The summed E-state index contributed by atoms with van der Waals surface area (Å²) in [7, 11) is 1.53. The summed E-state index contributed by atoms with van der Waals surface area (Å²) in [6.45, 7) is 0. The van der Waals surface area contributed by atoms with Crippen molar-refractivity contribution >= 4 is 17.3 Å². The predicted octanol–water partition coefficient (Wildman–Crippen LogP) is 1.88. The molecular weight excluding hydrogens is 170 g/mol. The van der Waals surface area contributed by atoms with Crippen LogP contribution in [-0.2, 0) is 4.74 Å². The highest BCUT2D eigenvalue weighted by atomic mass is 32.1. The minimum absolute atomic E-state index is 0.444. The van der Waals surface area contributed by atoms with Crippen LogP contribution in [0.2, 0.25) is 0 Å². The van der Waals surface area contributed by atoms with Gasteiger partial charge < -0.3 is 4.74 Å². The van der Waals surface area contributed by atoms with Crippen molar-refractivity contribution in [1.29, 1.82) is 5.26 Å². The maximum Gasteiger partial charge on any atom is 0.190 e. The molecule has 0 saturated carbocycles. The highest BCUT2D eigenvalue weighted by molar-refractivity contribution is 7.80. The molecule has 1 aromatic rings. The van der Waals surface area contributed by atoms with Crippen LogP contribution in [0.4, 0.5) is 0 Å². The van der Waals surface area contributed by atoms with Gasteiger partial charge in [-0.2, -0.15) is 5.26 Å². The molecule has 12 heavy (non-hydrogen) atoms. The van der Waals surface area contributed by atoms with E-state index in [1.807, 2.05) is 6.07 Å². The standard InChI is InChI=1S/C9H7NOS/c1-11-9(12)8-4-2-7(6-10)3-5-8/h2-5H,1H3. The van der Waals surface area contributed by atoms with Crippen LogP contribution in [0.5, 0.6) is 0 Å². The van der Waals surface area contributed by atoms with E-state index in [1.54, 1.807) is 24.3 Å².